The number of ether oxygens (including phenoxy) is 3. The van der Waals surface area contributed by atoms with Crippen molar-refractivity contribution in [3.05, 3.63) is 57.2 Å². The molecule has 2 atom stereocenters. The zero-order valence-electron chi connectivity index (χ0n) is 22.8. The van der Waals surface area contributed by atoms with Gasteiger partial charge in [-0.2, -0.15) is 5.10 Å². The molecule has 2 aromatic carbocycles. The zero-order valence-corrected chi connectivity index (χ0v) is 24.3. The molecule has 1 fully saturated rings. The van der Waals surface area contributed by atoms with E-state index in [9.17, 15) is 9.59 Å². The fraction of sp³-hybridized carbons (Fsp3) is 0.414. The zero-order chi connectivity index (χ0) is 28.2. The summed E-state index contributed by atoms with van der Waals surface area (Å²) in [4.78, 5) is 27.8. The molecule has 1 saturated carbocycles. The minimum absolute atomic E-state index is 0.0419. The van der Waals surface area contributed by atoms with E-state index in [-0.39, 0.29) is 36.0 Å². The molecule has 1 amide bonds. The van der Waals surface area contributed by atoms with Gasteiger partial charge in [0.05, 0.1) is 31.0 Å². The Labute approximate surface area is 237 Å². The van der Waals surface area contributed by atoms with Crippen LogP contribution in [0.5, 0.6) is 11.5 Å². The topological polar surface area (TPSA) is 82.9 Å². The molecule has 2 unspecified atom stereocenters. The van der Waals surface area contributed by atoms with Crippen molar-refractivity contribution in [2.45, 2.75) is 52.2 Å². The van der Waals surface area contributed by atoms with E-state index in [1.807, 2.05) is 32.9 Å². The van der Waals surface area contributed by atoms with Crippen molar-refractivity contribution < 1.29 is 23.8 Å². The van der Waals surface area contributed by atoms with E-state index in [1.165, 1.54) is 0 Å². The van der Waals surface area contributed by atoms with Gasteiger partial charge in [-0.3, -0.25) is 9.59 Å². The molecule has 39 heavy (non-hydrogen) atoms. The number of amides is 1. The predicted octanol–water partition coefficient (Wildman–Crippen LogP) is 6.28. The molecule has 8 nitrogen and oxygen atoms in total. The Morgan fingerprint density at radius 2 is 1.85 bits per heavy atom. The Kier molecular flexibility index (Phi) is 7.06. The van der Waals surface area contributed by atoms with Crippen LogP contribution < -0.4 is 9.47 Å². The van der Waals surface area contributed by atoms with Crippen molar-refractivity contribution in [3.63, 3.8) is 0 Å². The first kappa shape index (κ1) is 27.3. The van der Waals surface area contributed by atoms with E-state index in [0.29, 0.717) is 51.5 Å². The molecule has 1 aliphatic heterocycles. The van der Waals surface area contributed by atoms with E-state index in [1.54, 1.807) is 48.9 Å². The average Bonchev–Trinajstić information content (AvgIpc) is 3.58. The molecule has 0 N–H and O–H groups in total. The Hall–Kier alpha value is -3.23. The third kappa shape index (κ3) is 4.96. The lowest BCUT2D eigenvalue weighted by Gasteiger charge is -2.31. The van der Waals surface area contributed by atoms with Gasteiger partial charge in [-0.05, 0) is 63.9 Å². The summed E-state index contributed by atoms with van der Waals surface area (Å²) >= 11 is 12.7. The molecule has 0 spiro atoms. The number of carbonyl (C=O) groups is 2. The molecular weight excluding hydrogens is 541 g/mol. The highest BCUT2D eigenvalue weighted by atomic mass is 35.5. The van der Waals surface area contributed by atoms with Gasteiger partial charge in [0.15, 0.2) is 5.69 Å². The molecule has 3 aromatic rings. The van der Waals surface area contributed by atoms with Crippen molar-refractivity contribution in [3.8, 4) is 28.4 Å². The van der Waals surface area contributed by atoms with Gasteiger partial charge < -0.3 is 19.1 Å². The molecule has 2 heterocycles. The maximum atomic E-state index is 13.7. The molecular formula is C29H31Cl2N3O5. The standard InChI is InChI=1S/C29H31Cl2N3O5/c1-7-38-28(36)20-11-18(20)19-12-21-24(13-23(19)37-6)39-14-22-25(27(35)33(5)29(2,3)4)32-34(26(21)22)17-9-15(30)8-16(31)10-17/h8-10,12-13,18,20H,7,11,14H2,1-6H3. The Morgan fingerprint density at radius 3 is 2.46 bits per heavy atom. The Balaban J connectivity index is 1.70. The second-order valence-electron chi connectivity index (χ2n) is 10.8. The number of halogens is 2. The second kappa shape index (κ2) is 10.1. The summed E-state index contributed by atoms with van der Waals surface area (Å²) in [6.45, 7) is 8.17. The molecule has 1 aromatic heterocycles. The van der Waals surface area contributed by atoms with Crippen LogP contribution in [0.4, 0.5) is 0 Å². The number of benzene rings is 2. The van der Waals surface area contributed by atoms with E-state index in [0.717, 1.165) is 11.1 Å². The van der Waals surface area contributed by atoms with Gasteiger partial charge in [0.25, 0.3) is 5.91 Å². The molecule has 1 aliphatic carbocycles. The Morgan fingerprint density at radius 1 is 1.15 bits per heavy atom. The number of aromatic nitrogens is 2. The quantitative estimate of drug-likeness (QED) is 0.323. The molecule has 206 valence electrons. The van der Waals surface area contributed by atoms with Crippen molar-refractivity contribution in [1.29, 1.82) is 0 Å². The number of hydrogen-bond donors (Lipinski definition) is 0. The van der Waals surface area contributed by atoms with Crippen LogP contribution in [0.2, 0.25) is 10.0 Å². The van der Waals surface area contributed by atoms with Gasteiger partial charge in [0.2, 0.25) is 0 Å². The Bertz CT molecular complexity index is 1460. The summed E-state index contributed by atoms with van der Waals surface area (Å²) in [5, 5.41) is 5.69. The summed E-state index contributed by atoms with van der Waals surface area (Å²) in [5.74, 6) is 0.519. The summed E-state index contributed by atoms with van der Waals surface area (Å²) in [7, 11) is 3.35. The van der Waals surface area contributed by atoms with Crippen LogP contribution in [-0.4, -0.2) is 52.9 Å². The maximum absolute atomic E-state index is 13.7. The predicted molar refractivity (Wildman–Crippen MR) is 149 cm³/mol. The van der Waals surface area contributed by atoms with Crippen LogP contribution in [0.1, 0.15) is 61.6 Å². The van der Waals surface area contributed by atoms with Gasteiger partial charge in [-0.15, -0.1) is 0 Å². The summed E-state index contributed by atoms with van der Waals surface area (Å²) < 4.78 is 18.8. The SMILES string of the molecule is CCOC(=O)C1CC1c1cc2c(cc1OC)OCc1c(C(=O)N(C)C(C)(C)C)nn(-c3cc(Cl)cc(Cl)c3)c1-2. The van der Waals surface area contributed by atoms with Crippen molar-refractivity contribution >= 4 is 35.1 Å². The van der Waals surface area contributed by atoms with Crippen molar-refractivity contribution in [2.24, 2.45) is 5.92 Å². The van der Waals surface area contributed by atoms with Crippen LogP contribution in [0.15, 0.2) is 30.3 Å². The highest BCUT2D eigenvalue weighted by molar-refractivity contribution is 6.34. The lowest BCUT2D eigenvalue weighted by atomic mass is 9.96. The van der Waals surface area contributed by atoms with Gasteiger partial charge in [-0.1, -0.05) is 23.2 Å². The number of carbonyl (C=O) groups excluding carboxylic acids is 2. The van der Waals surface area contributed by atoms with Gasteiger partial charge in [-0.25, -0.2) is 4.68 Å². The number of methoxy groups -OCH3 is 1. The lowest BCUT2D eigenvalue weighted by molar-refractivity contribution is -0.144. The largest absolute Gasteiger partial charge is 0.496 e. The number of esters is 1. The van der Waals surface area contributed by atoms with Gasteiger partial charge >= 0.3 is 5.97 Å². The lowest BCUT2D eigenvalue weighted by Crippen LogP contribution is -2.43. The van der Waals surface area contributed by atoms with Gasteiger partial charge in [0.1, 0.15) is 18.1 Å². The fourth-order valence-electron chi connectivity index (χ4n) is 4.89. The first-order valence-corrected chi connectivity index (χ1v) is 13.6. The fourth-order valence-corrected chi connectivity index (χ4v) is 5.41. The number of hydrogen-bond acceptors (Lipinski definition) is 6. The van der Waals surface area contributed by atoms with E-state index in [4.69, 9.17) is 42.5 Å². The highest BCUT2D eigenvalue weighted by Gasteiger charge is 2.47. The van der Waals surface area contributed by atoms with E-state index in [2.05, 4.69) is 0 Å². The monoisotopic (exact) mass is 571 g/mol. The van der Waals surface area contributed by atoms with Crippen LogP contribution in [-0.2, 0) is 16.1 Å². The average molecular weight is 572 g/mol. The molecule has 0 radical (unpaired) electrons. The van der Waals surface area contributed by atoms with E-state index >= 15 is 0 Å². The second-order valence-corrected chi connectivity index (χ2v) is 11.7. The molecule has 2 aliphatic rings. The number of fused-ring (bicyclic) bond motifs is 3. The first-order valence-electron chi connectivity index (χ1n) is 12.8. The maximum Gasteiger partial charge on any atom is 0.309 e. The molecule has 5 rings (SSSR count). The smallest absolute Gasteiger partial charge is 0.309 e. The first-order chi connectivity index (χ1) is 18.4. The van der Waals surface area contributed by atoms with Crippen LogP contribution in [0.3, 0.4) is 0 Å². The number of nitrogens with zero attached hydrogens (tertiary/aromatic N) is 3. The van der Waals surface area contributed by atoms with Crippen LogP contribution in [0.25, 0.3) is 16.9 Å². The molecule has 0 bridgehead atoms. The van der Waals surface area contributed by atoms with E-state index < -0.39 is 5.54 Å². The minimum atomic E-state index is -0.421. The van der Waals surface area contributed by atoms with Crippen LogP contribution in [0, 0.1) is 5.92 Å². The number of rotatable bonds is 6. The molecule has 10 heteroatoms. The van der Waals surface area contributed by atoms with Gasteiger partial charge in [0, 0.05) is 45.7 Å². The summed E-state index contributed by atoms with van der Waals surface area (Å²) in [6.07, 6.45) is 0.672. The normalized spacial score (nSPS) is 17.5. The molecule has 0 saturated heterocycles. The highest BCUT2D eigenvalue weighted by Crippen LogP contribution is 2.54. The third-order valence-corrected chi connectivity index (χ3v) is 7.76. The summed E-state index contributed by atoms with van der Waals surface area (Å²) in [6, 6.07) is 8.95. The van der Waals surface area contributed by atoms with Crippen LogP contribution >= 0.6 is 23.2 Å². The third-order valence-electron chi connectivity index (χ3n) is 7.33. The van der Waals surface area contributed by atoms with Crippen molar-refractivity contribution in [2.75, 3.05) is 20.8 Å². The summed E-state index contributed by atoms with van der Waals surface area (Å²) in [5.41, 5.74) is 3.46. The van der Waals surface area contributed by atoms with Crippen molar-refractivity contribution in [1.82, 2.24) is 14.7 Å². The minimum Gasteiger partial charge on any atom is -0.496 e.